The van der Waals surface area contributed by atoms with Crippen LogP contribution in [0.3, 0.4) is 0 Å². The van der Waals surface area contributed by atoms with Crippen LogP contribution in [0.25, 0.3) is 0 Å². The monoisotopic (exact) mass is 233 g/mol. The Kier molecular flexibility index (Phi) is 3.88. The molecule has 0 radical (unpaired) electrons. The number of nitrogen functional groups attached to an aromatic ring is 1. The fourth-order valence-electron chi connectivity index (χ4n) is 1.46. The number of hydrogen-bond acceptors (Lipinski definition) is 3. The third-order valence-corrected chi connectivity index (χ3v) is 3.29. The average molecular weight is 233 g/mol. The fraction of sp³-hybridized carbons (Fsp3) is 0.250. The first-order valence-electron chi connectivity index (χ1n) is 5.31. The molecule has 3 N–H and O–H groups in total. The van der Waals surface area contributed by atoms with Crippen molar-refractivity contribution < 1.29 is 0 Å². The summed E-state index contributed by atoms with van der Waals surface area (Å²) in [5.41, 5.74) is 7.80. The van der Waals surface area contributed by atoms with E-state index in [0.29, 0.717) is 0 Å². The zero-order valence-corrected chi connectivity index (χ0v) is 9.83. The molecule has 0 saturated carbocycles. The average Bonchev–Trinajstić information content (AvgIpc) is 2.80. The number of imidazole rings is 1. The molecule has 0 spiro atoms. The fourth-order valence-corrected chi connectivity index (χ4v) is 2.23. The molecule has 1 aromatic heterocycles. The van der Waals surface area contributed by atoms with Crippen LogP contribution in [0.5, 0.6) is 0 Å². The van der Waals surface area contributed by atoms with Crippen molar-refractivity contribution in [1.29, 1.82) is 0 Å². The third-order valence-electron chi connectivity index (χ3n) is 2.30. The highest BCUT2D eigenvalue weighted by molar-refractivity contribution is 7.99. The predicted octanol–water partition coefficient (Wildman–Crippen LogP) is 2.72. The van der Waals surface area contributed by atoms with Gasteiger partial charge in [-0.25, -0.2) is 4.98 Å². The van der Waals surface area contributed by atoms with Crippen LogP contribution in [-0.4, -0.2) is 15.7 Å². The Labute approximate surface area is 99.5 Å². The van der Waals surface area contributed by atoms with Crippen molar-refractivity contribution in [2.24, 2.45) is 0 Å². The Bertz CT molecular complexity index is 408. The van der Waals surface area contributed by atoms with Crippen molar-refractivity contribution in [3.8, 4) is 0 Å². The molecule has 2 aromatic rings. The van der Waals surface area contributed by atoms with E-state index >= 15 is 0 Å². The molecule has 0 unspecified atom stereocenters. The number of aromatic nitrogens is 2. The van der Waals surface area contributed by atoms with Crippen molar-refractivity contribution in [3.63, 3.8) is 0 Å². The number of nitrogens with two attached hydrogens (primary N) is 1. The van der Waals surface area contributed by atoms with Gasteiger partial charge in [-0.15, -0.1) is 0 Å². The summed E-state index contributed by atoms with van der Waals surface area (Å²) in [7, 11) is 0. The molecule has 0 bridgehead atoms. The molecule has 84 valence electrons. The largest absolute Gasteiger partial charge is 0.399 e. The first kappa shape index (κ1) is 11.1. The zero-order valence-electron chi connectivity index (χ0n) is 9.02. The second-order valence-electron chi connectivity index (χ2n) is 3.59. The molecule has 0 fully saturated rings. The van der Waals surface area contributed by atoms with Crippen molar-refractivity contribution in [2.75, 3.05) is 11.5 Å². The highest BCUT2D eigenvalue weighted by Crippen LogP contribution is 2.15. The summed E-state index contributed by atoms with van der Waals surface area (Å²) < 4.78 is 0. The lowest BCUT2D eigenvalue weighted by Gasteiger charge is -2.01. The number of anilines is 1. The molecular formula is C12H15N3S. The van der Waals surface area contributed by atoms with Crippen LogP contribution in [0, 0.1) is 0 Å². The minimum absolute atomic E-state index is 0.828. The molecule has 0 amide bonds. The lowest BCUT2D eigenvalue weighted by molar-refractivity contribution is 0.927. The molecule has 1 heterocycles. The number of nitrogens with zero attached hydrogens (tertiary/aromatic N) is 1. The topological polar surface area (TPSA) is 54.7 Å². The molecule has 0 aliphatic rings. The predicted molar refractivity (Wildman–Crippen MR) is 68.5 cm³/mol. The molecule has 0 aliphatic heterocycles. The van der Waals surface area contributed by atoms with E-state index in [-0.39, 0.29) is 0 Å². The van der Waals surface area contributed by atoms with E-state index in [4.69, 9.17) is 5.73 Å². The molecule has 16 heavy (non-hydrogen) atoms. The van der Waals surface area contributed by atoms with Crippen molar-refractivity contribution in [1.82, 2.24) is 9.97 Å². The standard InChI is InChI=1S/C12H15N3S/c13-11-5-3-10(4-6-11)2-1-9-16-12-14-7-8-15-12/h3-8H,1-2,9,13H2,(H,14,15). The van der Waals surface area contributed by atoms with Crippen LogP contribution in [0.2, 0.25) is 0 Å². The number of nitrogens with one attached hydrogen (secondary N) is 1. The van der Waals surface area contributed by atoms with Gasteiger partial charge >= 0.3 is 0 Å². The van der Waals surface area contributed by atoms with Crippen LogP contribution in [0.1, 0.15) is 12.0 Å². The minimum atomic E-state index is 0.828. The summed E-state index contributed by atoms with van der Waals surface area (Å²) in [6.45, 7) is 0. The second kappa shape index (κ2) is 5.61. The molecule has 2 rings (SSSR count). The molecule has 0 aliphatic carbocycles. The van der Waals surface area contributed by atoms with Crippen LogP contribution in [0.15, 0.2) is 41.8 Å². The quantitative estimate of drug-likeness (QED) is 0.474. The Morgan fingerprint density at radius 3 is 2.75 bits per heavy atom. The number of thioether (sulfide) groups is 1. The Hall–Kier alpha value is -1.42. The summed E-state index contributed by atoms with van der Waals surface area (Å²) in [4.78, 5) is 7.24. The Morgan fingerprint density at radius 1 is 1.25 bits per heavy atom. The lowest BCUT2D eigenvalue weighted by atomic mass is 10.1. The summed E-state index contributed by atoms with van der Waals surface area (Å²) >= 11 is 1.76. The van der Waals surface area contributed by atoms with E-state index < -0.39 is 0 Å². The van der Waals surface area contributed by atoms with E-state index in [1.54, 1.807) is 18.0 Å². The van der Waals surface area contributed by atoms with E-state index in [0.717, 1.165) is 29.4 Å². The van der Waals surface area contributed by atoms with E-state index in [2.05, 4.69) is 22.1 Å². The SMILES string of the molecule is Nc1ccc(CCCSc2ncc[nH]2)cc1. The van der Waals surface area contributed by atoms with E-state index in [1.165, 1.54) is 5.56 Å². The molecular weight excluding hydrogens is 218 g/mol. The maximum Gasteiger partial charge on any atom is 0.165 e. The van der Waals surface area contributed by atoms with Gasteiger partial charge in [-0.3, -0.25) is 0 Å². The summed E-state index contributed by atoms with van der Waals surface area (Å²) in [5, 5.41) is 0.998. The number of aromatic amines is 1. The number of rotatable bonds is 5. The van der Waals surface area contributed by atoms with Gasteiger partial charge in [0.05, 0.1) is 0 Å². The van der Waals surface area contributed by atoms with E-state index in [1.807, 2.05) is 18.3 Å². The van der Waals surface area contributed by atoms with Gasteiger partial charge < -0.3 is 10.7 Å². The smallest absolute Gasteiger partial charge is 0.165 e. The first-order valence-corrected chi connectivity index (χ1v) is 6.30. The number of hydrogen-bond donors (Lipinski definition) is 2. The van der Waals surface area contributed by atoms with Crippen molar-refractivity contribution >= 4 is 17.4 Å². The first-order chi connectivity index (χ1) is 7.84. The van der Waals surface area contributed by atoms with Gasteiger partial charge in [-0.1, -0.05) is 23.9 Å². The normalized spacial score (nSPS) is 10.5. The molecule has 0 atom stereocenters. The van der Waals surface area contributed by atoms with Crippen LogP contribution < -0.4 is 5.73 Å². The summed E-state index contributed by atoms with van der Waals surface area (Å²) in [6.07, 6.45) is 5.87. The van der Waals surface area contributed by atoms with Crippen LogP contribution >= 0.6 is 11.8 Å². The summed E-state index contributed by atoms with van der Waals surface area (Å²) in [6, 6.07) is 8.09. The second-order valence-corrected chi connectivity index (χ2v) is 4.67. The molecule has 1 aromatic carbocycles. The van der Waals surface area contributed by atoms with Gasteiger partial charge in [0.15, 0.2) is 5.16 Å². The molecule has 4 heteroatoms. The van der Waals surface area contributed by atoms with Crippen molar-refractivity contribution in [3.05, 3.63) is 42.2 Å². The van der Waals surface area contributed by atoms with E-state index in [9.17, 15) is 0 Å². The minimum Gasteiger partial charge on any atom is -0.399 e. The molecule has 3 nitrogen and oxygen atoms in total. The molecule has 0 saturated heterocycles. The van der Waals surface area contributed by atoms with Gasteiger partial charge in [-0.05, 0) is 30.5 Å². The Morgan fingerprint density at radius 2 is 2.06 bits per heavy atom. The third kappa shape index (κ3) is 3.31. The highest BCUT2D eigenvalue weighted by Gasteiger charge is 1.97. The maximum atomic E-state index is 5.63. The maximum absolute atomic E-state index is 5.63. The Balaban J connectivity index is 1.70. The van der Waals surface area contributed by atoms with Crippen LogP contribution in [-0.2, 0) is 6.42 Å². The van der Waals surface area contributed by atoms with Gasteiger partial charge in [0.2, 0.25) is 0 Å². The van der Waals surface area contributed by atoms with Gasteiger partial charge in [-0.2, -0.15) is 0 Å². The van der Waals surface area contributed by atoms with Gasteiger partial charge in [0.25, 0.3) is 0 Å². The van der Waals surface area contributed by atoms with Crippen LogP contribution in [0.4, 0.5) is 5.69 Å². The zero-order chi connectivity index (χ0) is 11.2. The van der Waals surface area contributed by atoms with Gasteiger partial charge in [0.1, 0.15) is 0 Å². The number of H-pyrrole nitrogens is 1. The highest BCUT2D eigenvalue weighted by atomic mass is 32.2. The number of aryl methyl sites for hydroxylation is 1. The van der Waals surface area contributed by atoms with Gasteiger partial charge in [0, 0.05) is 23.8 Å². The van der Waals surface area contributed by atoms with Crippen molar-refractivity contribution in [2.45, 2.75) is 18.0 Å². The number of benzene rings is 1. The lowest BCUT2D eigenvalue weighted by Crippen LogP contribution is -1.90. The summed E-state index contributed by atoms with van der Waals surface area (Å²) in [5.74, 6) is 1.08.